The summed E-state index contributed by atoms with van der Waals surface area (Å²) in [7, 11) is 0. The highest BCUT2D eigenvalue weighted by atomic mass is 16.2. The second kappa shape index (κ2) is 8.70. The fraction of sp³-hybridized carbons (Fsp3) is 0.417. The normalized spacial score (nSPS) is 16.6. The number of hydrogen-bond acceptors (Lipinski definition) is 3. The zero-order valence-electron chi connectivity index (χ0n) is 17.7. The largest absolute Gasteiger partial charge is 0.295 e. The summed E-state index contributed by atoms with van der Waals surface area (Å²) in [6.07, 6.45) is 0.747. The maximum Gasteiger partial charge on any atom is 0.257 e. The molecule has 0 saturated carbocycles. The molecule has 1 unspecified atom stereocenters. The van der Waals surface area contributed by atoms with E-state index in [-0.39, 0.29) is 11.9 Å². The summed E-state index contributed by atoms with van der Waals surface area (Å²) in [5.41, 5.74) is 7.00. The van der Waals surface area contributed by atoms with Gasteiger partial charge in [-0.25, -0.2) is 5.01 Å². The van der Waals surface area contributed by atoms with Crippen LogP contribution in [0.1, 0.15) is 54.1 Å². The van der Waals surface area contributed by atoms with Gasteiger partial charge in [-0.2, -0.15) is 5.10 Å². The molecule has 1 amide bonds. The van der Waals surface area contributed by atoms with E-state index in [1.54, 1.807) is 5.01 Å². The molecule has 0 saturated heterocycles. The van der Waals surface area contributed by atoms with Crippen LogP contribution in [0.3, 0.4) is 0 Å². The summed E-state index contributed by atoms with van der Waals surface area (Å²) in [5, 5.41) is 6.55. The average Bonchev–Trinajstić information content (AvgIpc) is 3.13. The standard InChI is InChI=1S/C24H31N3O/c1-6-26(7-2)16-24(28)27-23(21-11-9-8-10-18(21)4)15-22(25-27)20-13-12-17(3)19(5)14-20/h8-14,23H,6-7,15-16H2,1-5H3. The Kier molecular flexibility index (Phi) is 6.30. The minimum atomic E-state index is -0.0409. The van der Waals surface area contributed by atoms with Crippen molar-refractivity contribution in [1.82, 2.24) is 9.91 Å². The van der Waals surface area contributed by atoms with Gasteiger partial charge in [-0.1, -0.05) is 50.2 Å². The van der Waals surface area contributed by atoms with Gasteiger partial charge in [-0.05, 0) is 67.7 Å². The predicted molar refractivity (Wildman–Crippen MR) is 116 cm³/mol. The van der Waals surface area contributed by atoms with Crippen LogP contribution >= 0.6 is 0 Å². The minimum absolute atomic E-state index is 0.0409. The Morgan fingerprint density at radius 3 is 2.39 bits per heavy atom. The zero-order valence-corrected chi connectivity index (χ0v) is 17.7. The molecule has 4 nitrogen and oxygen atoms in total. The number of benzene rings is 2. The van der Waals surface area contributed by atoms with E-state index in [0.717, 1.165) is 30.8 Å². The van der Waals surface area contributed by atoms with E-state index in [0.29, 0.717) is 6.54 Å². The molecule has 0 radical (unpaired) electrons. The monoisotopic (exact) mass is 377 g/mol. The molecule has 1 atom stereocenters. The fourth-order valence-electron chi connectivity index (χ4n) is 3.75. The van der Waals surface area contributed by atoms with Crippen molar-refractivity contribution in [1.29, 1.82) is 0 Å². The third kappa shape index (κ3) is 4.17. The van der Waals surface area contributed by atoms with Crippen LogP contribution in [0.15, 0.2) is 47.6 Å². The lowest BCUT2D eigenvalue weighted by atomic mass is 9.94. The van der Waals surface area contributed by atoms with E-state index in [9.17, 15) is 4.79 Å². The number of likely N-dealkylation sites (N-methyl/N-ethyl adjacent to an activating group) is 1. The third-order valence-electron chi connectivity index (χ3n) is 5.81. The molecular weight excluding hydrogens is 346 g/mol. The van der Waals surface area contributed by atoms with E-state index in [4.69, 9.17) is 5.10 Å². The van der Waals surface area contributed by atoms with Gasteiger partial charge in [0.25, 0.3) is 5.91 Å². The SMILES string of the molecule is CCN(CC)CC(=O)N1N=C(c2ccc(C)c(C)c2)CC1c1ccccc1C. The maximum absolute atomic E-state index is 13.1. The Morgan fingerprint density at radius 2 is 1.75 bits per heavy atom. The lowest BCUT2D eigenvalue weighted by Gasteiger charge is -2.26. The minimum Gasteiger partial charge on any atom is -0.295 e. The van der Waals surface area contributed by atoms with Gasteiger partial charge in [-0.15, -0.1) is 0 Å². The Hall–Kier alpha value is -2.46. The van der Waals surface area contributed by atoms with Crippen LogP contribution in [0.4, 0.5) is 0 Å². The van der Waals surface area contributed by atoms with Gasteiger partial charge in [0.1, 0.15) is 0 Å². The van der Waals surface area contributed by atoms with Crippen molar-refractivity contribution in [3.63, 3.8) is 0 Å². The molecule has 0 bridgehead atoms. The van der Waals surface area contributed by atoms with Crippen LogP contribution in [0.2, 0.25) is 0 Å². The van der Waals surface area contributed by atoms with Crippen molar-refractivity contribution in [3.8, 4) is 0 Å². The van der Waals surface area contributed by atoms with Crippen LogP contribution in [0.25, 0.3) is 0 Å². The number of hydrazone groups is 1. The van der Waals surface area contributed by atoms with E-state index in [1.807, 2.05) is 12.1 Å². The number of hydrogen-bond donors (Lipinski definition) is 0. The van der Waals surface area contributed by atoms with E-state index < -0.39 is 0 Å². The molecule has 1 heterocycles. The van der Waals surface area contributed by atoms with Crippen molar-refractivity contribution in [2.24, 2.45) is 5.10 Å². The summed E-state index contributed by atoms with van der Waals surface area (Å²) in [6, 6.07) is 14.7. The Labute approximate surface area is 168 Å². The van der Waals surface area contributed by atoms with Gasteiger partial charge in [-0.3, -0.25) is 9.69 Å². The number of carbonyl (C=O) groups excluding carboxylic acids is 1. The van der Waals surface area contributed by atoms with Crippen molar-refractivity contribution in [2.75, 3.05) is 19.6 Å². The first-order valence-corrected chi connectivity index (χ1v) is 10.2. The molecule has 0 fully saturated rings. The first-order chi connectivity index (χ1) is 13.4. The van der Waals surface area contributed by atoms with Crippen molar-refractivity contribution in [3.05, 3.63) is 70.3 Å². The van der Waals surface area contributed by atoms with Crippen LogP contribution < -0.4 is 0 Å². The second-order valence-corrected chi connectivity index (χ2v) is 7.62. The fourth-order valence-corrected chi connectivity index (χ4v) is 3.75. The Morgan fingerprint density at radius 1 is 1.04 bits per heavy atom. The summed E-state index contributed by atoms with van der Waals surface area (Å²) in [5.74, 6) is 0.0655. The molecule has 0 aliphatic carbocycles. The zero-order chi connectivity index (χ0) is 20.3. The molecule has 4 heteroatoms. The number of aryl methyl sites for hydroxylation is 3. The molecule has 0 spiro atoms. The highest BCUT2D eigenvalue weighted by Gasteiger charge is 2.34. The molecule has 1 aliphatic rings. The topological polar surface area (TPSA) is 35.9 Å². The predicted octanol–water partition coefficient (Wildman–Crippen LogP) is 4.63. The van der Waals surface area contributed by atoms with E-state index in [1.165, 1.54) is 22.3 Å². The molecule has 2 aromatic rings. The maximum atomic E-state index is 13.1. The van der Waals surface area contributed by atoms with Gasteiger partial charge in [0.05, 0.1) is 18.3 Å². The van der Waals surface area contributed by atoms with Crippen LogP contribution in [-0.2, 0) is 4.79 Å². The van der Waals surface area contributed by atoms with Crippen LogP contribution in [-0.4, -0.2) is 41.2 Å². The molecule has 0 aromatic heterocycles. The molecule has 1 aliphatic heterocycles. The number of nitrogens with zero attached hydrogens (tertiary/aromatic N) is 3. The average molecular weight is 378 g/mol. The Bertz CT molecular complexity index is 883. The van der Waals surface area contributed by atoms with Gasteiger partial charge < -0.3 is 0 Å². The lowest BCUT2D eigenvalue weighted by molar-refractivity contribution is -0.134. The molecule has 28 heavy (non-hydrogen) atoms. The summed E-state index contributed by atoms with van der Waals surface area (Å²) in [6.45, 7) is 12.6. The van der Waals surface area contributed by atoms with Crippen molar-refractivity contribution in [2.45, 2.75) is 47.1 Å². The second-order valence-electron chi connectivity index (χ2n) is 7.62. The first-order valence-electron chi connectivity index (χ1n) is 10.2. The van der Waals surface area contributed by atoms with Gasteiger partial charge in [0.15, 0.2) is 0 Å². The van der Waals surface area contributed by atoms with Crippen molar-refractivity contribution >= 4 is 11.6 Å². The van der Waals surface area contributed by atoms with E-state index in [2.05, 4.69) is 69.9 Å². The quantitative estimate of drug-likeness (QED) is 0.736. The third-order valence-corrected chi connectivity index (χ3v) is 5.81. The molecule has 3 rings (SSSR count). The molecular formula is C24H31N3O. The molecule has 148 valence electrons. The Balaban J connectivity index is 1.96. The highest BCUT2D eigenvalue weighted by molar-refractivity contribution is 6.03. The number of carbonyl (C=O) groups is 1. The number of amides is 1. The summed E-state index contributed by atoms with van der Waals surface area (Å²) < 4.78 is 0. The smallest absolute Gasteiger partial charge is 0.257 e. The summed E-state index contributed by atoms with van der Waals surface area (Å²) >= 11 is 0. The van der Waals surface area contributed by atoms with E-state index >= 15 is 0 Å². The summed E-state index contributed by atoms with van der Waals surface area (Å²) in [4.78, 5) is 15.3. The van der Waals surface area contributed by atoms with Gasteiger partial charge in [0.2, 0.25) is 0 Å². The van der Waals surface area contributed by atoms with Crippen LogP contribution in [0, 0.1) is 20.8 Å². The van der Waals surface area contributed by atoms with Gasteiger partial charge >= 0.3 is 0 Å². The van der Waals surface area contributed by atoms with Crippen molar-refractivity contribution < 1.29 is 4.79 Å². The lowest BCUT2D eigenvalue weighted by Crippen LogP contribution is -2.38. The van der Waals surface area contributed by atoms with Gasteiger partial charge in [0, 0.05) is 6.42 Å². The number of rotatable bonds is 6. The first kappa shape index (κ1) is 20.3. The highest BCUT2D eigenvalue weighted by Crippen LogP contribution is 2.34. The molecule has 0 N–H and O–H groups in total. The van der Waals surface area contributed by atoms with Crippen LogP contribution in [0.5, 0.6) is 0 Å². The molecule has 2 aromatic carbocycles.